The van der Waals surface area contributed by atoms with E-state index in [1.54, 1.807) is 0 Å². The molecular formula is C11H11F3N4O3. The molecule has 0 saturated heterocycles. The van der Waals surface area contributed by atoms with Crippen LogP contribution in [-0.2, 0) is 4.74 Å². The predicted molar refractivity (Wildman–Crippen MR) is 68.1 cm³/mol. The summed E-state index contributed by atoms with van der Waals surface area (Å²) in [6, 6.07) is 4.13. The monoisotopic (exact) mass is 304 g/mol. The Labute approximate surface area is 116 Å². The van der Waals surface area contributed by atoms with Crippen molar-refractivity contribution < 1.29 is 22.8 Å². The molecule has 1 aromatic carbocycles. The van der Waals surface area contributed by atoms with Crippen molar-refractivity contribution in [2.75, 3.05) is 25.1 Å². The first-order valence-corrected chi connectivity index (χ1v) is 5.88. The Bertz CT molecular complexity index is 641. The van der Waals surface area contributed by atoms with Crippen LogP contribution in [0.4, 0.5) is 24.8 Å². The summed E-state index contributed by atoms with van der Waals surface area (Å²) in [5.74, 6) is 0.307. The fourth-order valence-electron chi connectivity index (χ4n) is 1.62. The molecule has 0 aliphatic carbocycles. The number of anilines is 1. The summed E-state index contributed by atoms with van der Waals surface area (Å²) in [7, 11) is 0. The van der Waals surface area contributed by atoms with Crippen LogP contribution in [0.1, 0.15) is 0 Å². The molecule has 0 aliphatic heterocycles. The number of aromatic amines is 1. The Morgan fingerprint density at radius 1 is 1.43 bits per heavy atom. The topological polar surface area (TPSA) is 93.1 Å². The minimum absolute atomic E-state index is 0.0776. The fraction of sp³-hybridized carbons (Fsp3) is 0.364. The Morgan fingerprint density at radius 2 is 2.19 bits per heavy atom. The van der Waals surface area contributed by atoms with Gasteiger partial charge in [-0.2, -0.15) is 13.2 Å². The lowest BCUT2D eigenvalue weighted by Gasteiger charge is -2.07. The number of nitro benzene ring substituents is 1. The van der Waals surface area contributed by atoms with Gasteiger partial charge in [-0.25, -0.2) is 4.98 Å². The Hall–Kier alpha value is -2.36. The Balaban J connectivity index is 1.89. The van der Waals surface area contributed by atoms with Gasteiger partial charge in [-0.1, -0.05) is 0 Å². The van der Waals surface area contributed by atoms with Gasteiger partial charge < -0.3 is 15.0 Å². The van der Waals surface area contributed by atoms with Crippen LogP contribution in [0.25, 0.3) is 11.0 Å². The van der Waals surface area contributed by atoms with Crippen LogP contribution in [-0.4, -0.2) is 40.8 Å². The molecule has 0 saturated carbocycles. The van der Waals surface area contributed by atoms with Crippen molar-refractivity contribution in [1.29, 1.82) is 0 Å². The number of hydrogen-bond donors (Lipinski definition) is 2. The molecule has 0 amide bonds. The molecule has 0 unspecified atom stereocenters. The van der Waals surface area contributed by atoms with Crippen molar-refractivity contribution >= 4 is 22.7 Å². The van der Waals surface area contributed by atoms with E-state index in [-0.39, 0.29) is 18.8 Å². The van der Waals surface area contributed by atoms with Crippen LogP contribution in [0.5, 0.6) is 0 Å². The Kier molecular flexibility index (Phi) is 4.26. The Morgan fingerprint density at radius 3 is 2.86 bits per heavy atom. The van der Waals surface area contributed by atoms with Gasteiger partial charge in [0, 0.05) is 18.7 Å². The number of rotatable bonds is 6. The van der Waals surface area contributed by atoms with E-state index in [1.807, 2.05) is 0 Å². The van der Waals surface area contributed by atoms with Crippen molar-refractivity contribution in [2.24, 2.45) is 0 Å². The second-order valence-corrected chi connectivity index (χ2v) is 4.14. The molecule has 0 atom stereocenters. The second kappa shape index (κ2) is 5.95. The van der Waals surface area contributed by atoms with Crippen LogP contribution < -0.4 is 5.32 Å². The van der Waals surface area contributed by atoms with Gasteiger partial charge in [0.1, 0.15) is 6.61 Å². The molecular weight excluding hydrogens is 293 g/mol. The van der Waals surface area contributed by atoms with Gasteiger partial charge in [0.25, 0.3) is 5.69 Å². The molecule has 114 valence electrons. The van der Waals surface area contributed by atoms with E-state index in [0.717, 1.165) is 0 Å². The maximum absolute atomic E-state index is 11.8. The fourth-order valence-corrected chi connectivity index (χ4v) is 1.62. The lowest BCUT2D eigenvalue weighted by atomic mass is 10.3. The van der Waals surface area contributed by atoms with Crippen LogP contribution in [0.2, 0.25) is 0 Å². The molecule has 0 aliphatic rings. The predicted octanol–water partition coefficient (Wildman–Crippen LogP) is 2.46. The lowest BCUT2D eigenvalue weighted by molar-refractivity contribution is -0.384. The molecule has 2 aromatic rings. The van der Waals surface area contributed by atoms with E-state index < -0.39 is 17.7 Å². The van der Waals surface area contributed by atoms with Gasteiger partial charge in [0.2, 0.25) is 5.95 Å². The summed E-state index contributed by atoms with van der Waals surface area (Å²) < 4.78 is 39.9. The van der Waals surface area contributed by atoms with E-state index in [1.165, 1.54) is 18.2 Å². The van der Waals surface area contributed by atoms with Gasteiger partial charge in [-0.05, 0) is 6.07 Å². The highest BCUT2D eigenvalue weighted by Crippen LogP contribution is 2.20. The number of H-pyrrole nitrogens is 1. The molecule has 2 N–H and O–H groups in total. The number of imidazole rings is 1. The van der Waals surface area contributed by atoms with Crippen molar-refractivity contribution in [1.82, 2.24) is 9.97 Å². The van der Waals surface area contributed by atoms with Crippen molar-refractivity contribution in [3.63, 3.8) is 0 Å². The van der Waals surface area contributed by atoms with Crippen molar-refractivity contribution in [3.05, 3.63) is 28.3 Å². The van der Waals surface area contributed by atoms with Crippen LogP contribution in [0, 0.1) is 10.1 Å². The maximum atomic E-state index is 11.8. The summed E-state index contributed by atoms with van der Waals surface area (Å²) in [5, 5.41) is 13.4. The largest absolute Gasteiger partial charge is 0.411 e. The van der Waals surface area contributed by atoms with Gasteiger partial charge in [0.05, 0.1) is 22.6 Å². The van der Waals surface area contributed by atoms with Crippen LogP contribution >= 0.6 is 0 Å². The molecule has 7 nitrogen and oxygen atoms in total. The zero-order valence-corrected chi connectivity index (χ0v) is 10.6. The molecule has 21 heavy (non-hydrogen) atoms. The molecule has 0 fully saturated rings. The zero-order valence-electron chi connectivity index (χ0n) is 10.6. The standard InChI is InChI=1S/C11H11F3N4O3/c12-11(13,14)6-21-4-3-15-10-16-8-2-1-7(18(19)20)5-9(8)17-10/h1-2,5H,3-4,6H2,(H2,15,16,17). The van der Waals surface area contributed by atoms with Crippen LogP contribution in [0.15, 0.2) is 18.2 Å². The number of ether oxygens (including phenoxy) is 1. The number of halogens is 3. The van der Waals surface area contributed by atoms with Gasteiger partial charge in [-0.15, -0.1) is 0 Å². The first-order valence-electron chi connectivity index (χ1n) is 5.88. The molecule has 2 rings (SSSR count). The molecule has 1 aromatic heterocycles. The highest BCUT2D eigenvalue weighted by Gasteiger charge is 2.27. The number of fused-ring (bicyclic) bond motifs is 1. The minimum atomic E-state index is -4.35. The average Bonchev–Trinajstić information content (AvgIpc) is 2.78. The molecule has 10 heteroatoms. The highest BCUT2D eigenvalue weighted by molar-refractivity contribution is 5.79. The van der Waals surface area contributed by atoms with E-state index in [2.05, 4.69) is 20.0 Å². The van der Waals surface area contributed by atoms with Gasteiger partial charge in [-0.3, -0.25) is 10.1 Å². The maximum Gasteiger partial charge on any atom is 0.411 e. The third-order valence-electron chi connectivity index (χ3n) is 2.48. The van der Waals surface area contributed by atoms with E-state index in [0.29, 0.717) is 17.0 Å². The number of nitrogens with one attached hydrogen (secondary N) is 2. The van der Waals surface area contributed by atoms with Crippen LogP contribution in [0.3, 0.4) is 0 Å². The number of benzene rings is 1. The summed E-state index contributed by atoms with van der Waals surface area (Å²) in [5.41, 5.74) is 0.897. The molecule has 0 bridgehead atoms. The SMILES string of the molecule is O=[N+]([O-])c1ccc2nc(NCCOCC(F)(F)F)[nH]c2c1. The molecule has 1 heterocycles. The summed E-state index contributed by atoms with van der Waals surface area (Å²) in [6.45, 7) is -1.32. The quantitative estimate of drug-likeness (QED) is 0.486. The summed E-state index contributed by atoms with van der Waals surface area (Å²) in [6.07, 6.45) is -4.35. The number of nitrogens with zero attached hydrogens (tertiary/aromatic N) is 2. The molecule has 0 spiro atoms. The number of hydrogen-bond acceptors (Lipinski definition) is 5. The zero-order chi connectivity index (χ0) is 15.5. The lowest BCUT2D eigenvalue weighted by Crippen LogP contribution is -2.20. The first-order chi connectivity index (χ1) is 9.85. The highest BCUT2D eigenvalue weighted by atomic mass is 19.4. The third kappa shape index (κ3) is 4.31. The van der Waals surface area contributed by atoms with Gasteiger partial charge >= 0.3 is 6.18 Å². The second-order valence-electron chi connectivity index (χ2n) is 4.14. The normalized spacial score (nSPS) is 11.8. The number of alkyl halides is 3. The van der Waals surface area contributed by atoms with Crippen molar-refractivity contribution in [3.8, 4) is 0 Å². The van der Waals surface area contributed by atoms with Crippen molar-refractivity contribution in [2.45, 2.75) is 6.18 Å². The number of non-ortho nitro benzene ring substituents is 1. The average molecular weight is 304 g/mol. The number of nitro groups is 1. The van der Waals surface area contributed by atoms with E-state index >= 15 is 0 Å². The molecule has 0 radical (unpaired) electrons. The summed E-state index contributed by atoms with van der Waals surface area (Å²) >= 11 is 0. The number of aromatic nitrogens is 2. The van der Waals surface area contributed by atoms with Gasteiger partial charge in [0.15, 0.2) is 0 Å². The smallest absolute Gasteiger partial charge is 0.370 e. The summed E-state index contributed by atoms with van der Waals surface area (Å²) in [4.78, 5) is 17.0. The first kappa shape index (κ1) is 15.0. The van der Waals surface area contributed by atoms with E-state index in [9.17, 15) is 23.3 Å². The van der Waals surface area contributed by atoms with E-state index in [4.69, 9.17) is 0 Å². The minimum Gasteiger partial charge on any atom is -0.370 e. The third-order valence-corrected chi connectivity index (χ3v) is 2.48.